The molecule has 122 valence electrons. The summed E-state index contributed by atoms with van der Waals surface area (Å²) in [5, 5.41) is 3.53. The van der Waals surface area contributed by atoms with Crippen LogP contribution in [0.3, 0.4) is 0 Å². The normalized spacial score (nSPS) is 23.3. The standard InChI is InChI=1S/C16H30N2O3/c1-12(2)17-16(13-5-6-13,15(19)20-4)11-18(3)14-7-9-21-10-8-14/h12-14,17H,5-11H2,1-4H3. The SMILES string of the molecule is COC(=O)C(CN(C)C1CCOCC1)(NC(C)C)C1CC1. The molecule has 2 aliphatic rings. The number of methoxy groups -OCH3 is 1. The molecule has 1 atom stereocenters. The van der Waals surface area contributed by atoms with E-state index in [1.807, 2.05) is 0 Å². The Hall–Kier alpha value is -0.650. The molecule has 0 amide bonds. The van der Waals surface area contributed by atoms with E-state index in [4.69, 9.17) is 9.47 Å². The zero-order chi connectivity index (χ0) is 15.5. The van der Waals surface area contributed by atoms with Gasteiger partial charge in [0, 0.05) is 31.8 Å². The molecule has 0 bridgehead atoms. The quantitative estimate of drug-likeness (QED) is 0.720. The average Bonchev–Trinajstić information content (AvgIpc) is 3.30. The third-order valence-corrected chi connectivity index (χ3v) is 4.68. The molecule has 1 aliphatic carbocycles. The molecule has 1 aliphatic heterocycles. The number of hydrogen-bond acceptors (Lipinski definition) is 5. The van der Waals surface area contributed by atoms with Crippen molar-refractivity contribution in [3.63, 3.8) is 0 Å². The summed E-state index contributed by atoms with van der Waals surface area (Å²) in [5.41, 5.74) is -0.560. The first-order chi connectivity index (χ1) is 9.99. The molecule has 1 N–H and O–H groups in total. The van der Waals surface area contributed by atoms with Crippen LogP contribution in [0.25, 0.3) is 0 Å². The van der Waals surface area contributed by atoms with Gasteiger partial charge in [-0.3, -0.25) is 5.32 Å². The molecule has 1 heterocycles. The smallest absolute Gasteiger partial charge is 0.327 e. The summed E-state index contributed by atoms with van der Waals surface area (Å²) in [6, 6.07) is 0.753. The highest BCUT2D eigenvalue weighted by Gasteiger charge is 2.53. The number of likely N-dealkylation sites (N-methyl/N-ethyl adjacent to an activating group) is 1. The van der Waals surface area contributed by atoms with E-state index in [0.29, 0.717) is 18.5 Å². The van der Waals surface area contributed by atoms with Gasteiger partial charge < -0.3 is 14.4 Å². The van der Waals surface area contributed by atoms with Gasteiger partial charge in [0.25, 0.3) is 0 Å². The minimum atomic E-state index is -0.560. The minimum Gasteiger partial charge on any atom is -0.468 e. The predicted molar refractivity (Wildman–Crippen MR) is 82.2 cm³/mol. The Labute approximate surface area is 128 Å². The van der Waals surface area contributed by atoms with E-state index in [2.05, 4.69) is 31.1 Å². The van der Waals surface area contributed by atoms with Crippen LogP contribution in [0.15, 0.2) is 0 Å². The maximum absolute atomic E-state index is 12.5. The van der Waals surface area contributed by atoms with Gasteiger partial charge in [0.15, 0.2) is 0 Å². The third-order valence-electron chi connectivity index (χ3n) is 4.68. The fourth-order valence-electron chi connectivity index (χ4n) is 3.50. The number of ether oxygens (including phenoxy) is 2. The fourth-order valence-corrected chi connectivity index (χ4v) is 3.50. The number of rotatable bonds is 7. The summed E-state index contributed by atoms with van der Waals surface area (Å²) in [5.74, 6) is 0.284. The Morgan fingerprint density at radius 2 is 1.95 bits per heavy atom. The van der Waals surface area contributed by atoms with Crippen LogP contribution in [0.1, 0.15) is 39.5 Å². The molecular formula is C16H30N2O3. The largest absolute Gasteiger partial charge is 0.468 e. The van der Waals surface area contributed by atoms with E-state index in [1.165, 1.54) is 7.11 Å². The van der Waals surface area contributed by atoms with Crippen LogP contribution in [-0.4, -0.2) is 62.4 Å². The van der Waals surface area contributed by atoms with Gasteiger partial charge in [0.1, 0.15) is 5.54 Å². The van der Waals surface area contributed by atoms with E-state index >= 15 is 0 Å². The van der Waals surface area contributed by atoms with Crippen molar-refractivity contribution in [1.82, 2.24) is 10.2 Å². The number of carbonyl (C=O) groups is 1. The van der Waals surface area contributed by atoms with Crippen molar-refractivity contribution in [3.05, 3.63) is 0 Å². The van der Waals surface area contributed by atoms with Crippen LogP contribution in [0, 0.1) is 5.92 Å². The van der Waals surface area contributed by atoms with E-state index in [0.717, 1.165) is 38.9 Å². The van der Waals surface area contributed by atoms with E-state index in [1.54, 1.807) is 0 Å². The van der Waals surface area contributed by atoms with E-state index in [9.17, 15) is 4.79 Å². The summed E-state index contributed by atoms with van der Waals surface area (Å²) in [7, 11) is 3.62. The molecule has 1 unspecified atom stereocenters. The molecule has 2 rings (SSSR count). The number of hydrogen-bond donors (Lipinski definition) is 1. The molecule has 0 radical (unpaired) electrons. The Kier molecular flexibility index (Phi) is 5.63. The van der Waals surface area contributed by atoms with Crippen LogP contribution in [-0.2, 0) is 14.3 Å². The predicted octanol–water partition coefficient (Wildman–Crippen LogP) is 1.42. The lowest BCUT2D eigenvalue weighted by Gasteiger charge is -2.41. The summed E-state index contributed by atoms with van der Waals surface area (Å²) in [6.07, 6.45) is 4.30. The average molecular weight is 298 g/mol. The zero-order valence-electron chi connectivity index (χ0n) is 13.9. The summed E-state index contributed by atoms with van der Waals surface area (Å²) in [4.78, 5) is 14.9. The molecule has 1 saturated heterocycles. The second-order valence-corrected chi connectivity index (χ2v) is 6.79. The van der Waals surface area contributed by atoms with Crippen LogP contribution in [0.5, 0.6) is 0 Å². The first-order valence-corrected chi connectivity index (χ1v) is 8.13. The van der Waals surface area contributed by atoms with Crippen molar-refractivity contribution in [2.75, 3.05) is 33.9 Å². The Morgan fingerprint density at radius 3 is 2.43 bits per heavy atom. The lowest BCUT2D eigenvalue weighted by atomic mass is 9.90. The molecule has 0 aromatic heterocycles. The molecule has 21 heavy (non-hydrogen) atoms. The molecule has 0 aromatic carbocycles. The second-order valence-electron chi connectivity index (χ2n) is 6.79. The molecule has 0 spiro atoms. The Morgan fingerprint density at radius 1 is 1.33 bits per heavy atom. The van der Waals surface area contributed by atoms with Gasteiger partial charge in [-0.2, -0.15) is 0 Å². The first kappa shape index (κ1) is 16.7. The van der Waals surface area contributed by atoms with Crippen molar-refractivity contribution in [3.8, 4) is 0 Å². The van der Waals surface area contributed by atoms with Crippen molar-refractivity contribution in [2.45, 2.75) is 57.2 Å². The van der Waals surface area contributed by atoms with Gasteiger partial charge in [-0.25, -0.2) is 4.79 Å². The van der Waals surface area contributed by atoms with Crippen molar-refractivity contribution >= 4 is 5.97 Å². The van der Waals surface area contributed by atoms with Gasteiger partial charge in [0.05, 0.1) is 7.11 Å². The van der Waals surface area contributed by atoms with Crippen LogP contribution >= 0.6 is 0 Å². The van der Waals surface area contributed by atoms with Crippen LogP contribution in [0.4, 0.5) is 0 Å². The maximum Gasteiger partial charge on any atom is 0.327 e. The zero-order valence-corrected chi connectivity index (χ0v) is 13.9. The Bertz CT molecular complexity index is 351. The van der Waals surface area contributed by atoms with Crippen molar-refractivity contribution < 1.29 is 14.3 Å². The minimum absolute atomic E-state index is 0.113. The number of nitrogens with zero attached hydrogens (tertiary/aromatic N) is 1. The molecule has 5 nitrogen and oxygen atoms in total. The monoisotopic (exact) mass is 298 g/mol. The summed E-state index contributed by atoms with van der Waals surface area (Å²) in [6.45, 7) is 6.54. The number of esters is 1. The maximum atomic E-state index is 12.5. The lowest BCUT2D eigenvalue weighted by Crippen LogP contribution is -2.63. The van der Waals surface area contributed by atoms with E-state index < -0.39 is 5.54 Å². The van der Waals surface area contributed by atoms with Gasteiger partial charge in [0.2, 0.25) is 0 Å². The topological polar surface area (TPSA) is 50.8 Å². The molecule has 5 heteroatoms. The summed E-state index contributed by atoms with van der Waals surface area (Å²) >= 11 is 0. The fraction of sp³-hybridized carbons (Fsp3) is 0.938. The molecule has 0 aromatic rings. The van der Waals surface area contributed by atoms with Gasteiger partial charge >= 0.3 is 5.97 Å². The highest BCUT2D eigenvalue weighted by atomic mass is 16.5. The van der Waals surface area contributed by atoms with Crippen molar-refractivity contribution in [2.24, 2.45) is 5.92 Å². The molecule has 1 saturated carbocycles. The number of nitrogens with one attached hydrogen (secondary N) is 1. The van der Waals surface area contributed by atoms with Crippen molar-refractivity contribution in [1.29, 1.82) is 0 Å². The van der Waals surface area contributed by atoms with Gasteiger partial charge in [-0.05, 0) is 52.5 Å². The molecular weight excluding hydrogens is 268 g/mol. The van der Waals surface area contributed by atoms with Gasteiger partial charge in [-0.1, -0.05) is 0 Å². The van der Waals surface area contributed by atoms with Gasteiger partial charge in [-0.15, -0.1) is 0 Å². The Balaban J connectivity index is 2.11. The third kappa shape index (κ3) is 3.96. The lowest BCUT2D eigenvalue weighted by molar-refractivity contribution is -0.151. The highest BCUT2D eigenvalue weighted by Crippen LogP contribution is 2.41. The van der Waals surface area contributed by atoms with Crippen LogP contribution < -0.4 is 5.32 Å². The van der Waals surface area contributed by atoms with Crippen LogP contribution in [0.2, 0.25) is 0 Å². The first-order valence-electron chi connectivity index (χ1n) is 8.13. The molecule has 2 fully saturated rings. The van der Waals surface area contributed by atoms with E-state index in [-0.39, 0.29) is 12.0 Å². The number of carbonyl (C=O) groups excluding carboxylic acids is 1. The highest BCUT2D eigenvalue weighted by molar-refractivity contribution is 5.82. The second kappa shape index (κ2) is 7.07. The summed E-state index contributed by atoms with van der Waals surface area (Å²) < 4.78 is 10.6.